The summed E-state index contributed by atoms with van der Waals surface area (Å²) in [7, 11) is 0. The number of halogens is 1. The predicted octanol–water partition coefficient (Wildman–Crippen LogP) is 4.99. The highest BCUT2D eigenvalue weighted by molar-refractivity contribution is 6.30. The van der Waals surface area contributed by atoms with E-state index in [1.807, 2.05) is 60.7 Å². The first kappa shape index (κ1) is 21.9. The molecule has 2 amide bonds. The Morgan fingerprint density at radius 2 is 1.66 bits per heavy atom. The van der Waals surface area contributed by atoms with Gasteiger partial charge in [0.15, 0.2) is 6.61 Å². The van der Waals surface area contributed by atoms with E-state index in [4.69, 9.17) is 16.3 Å². The molecule has 2 atom stereocenters. The van der Waals surface area contributed by atoms with Gasteiger partial charge in [-0.2, -0.15) is 0 Å². The van der Waals surface area contributed by atoms with Crippen molar-refractivity contribution in [3.63, 3.8) is 0 Å². The zero-order valence-corrected chi connectivity index (χ0v) is 18.4. The Morgan fingerprint density at radius 1 is 0.938 bits per heavy atom. The lowest BCUT2D eigenvalue weighted by molar-refractivity contribution is -0.137. The molecule has 5 nitrogen and oxygen atoms in total. The van der Waals surface area contributed by atoms with Gasteiger partial charge in [0.25, 0.3) is 5.91 Å². The van der Waals surface area contributed by atoms with Crippen LogP contribution in [-0.2, 0) is 9.59 Å². The molecule has 1 fully saturated rings. The quantitative estimate of drug-likeness (QED) is 0.578. The van der Waals surface area contributed by atoms with E-state index in [0.29, 0.717) is 36.0 Å². The van der Waals surface area contributed by atoms with Gasteiger partial charge < -0.3 is 15.0 Å². The van der Waals surface area contributed by atoms with Gasteiger partial charge in [-0.3, -0.25) is 9.59 Å². The second-order valence-corrected chi connectivity index (χ2v) is 8.38. The fraction of sp³-hybridized carbons (Fsp3) is 0.231. The van der Waals surface area contributed by atoms with Crippen LogP contribution in [0.4, 0.5) is 5.69 Å². The molecule has 0 saturated carbocycles. The lowest BCUT2D eigenvalue weighted by atomic mass is 9.84. The molecule has 6 heteroatoms. The summed E-state index contributed by atoms with van der Waals surface area (Å²) in [5, 5.41) is 3.51. The van der Waals surface area contributed by atoms with Crippen molar-refractivity contribution in [3.05, 3.63) is 95.5 Å². The Morgan fingerprint density at radius 3 is 2.38 bits per heavy atom. The molecule has 1 aliphatic rings. The number of carbonyl (C=O) groups excluding carboxylic acids is 2. The van der Waals surface area contributed by atoms with Crippen LogP contribution in [0.3, 0.4) is 0 Å². The Balaban J connectivity index is 1.48. The van der Waals surface area contributed by atoms with Crippen molar-refractivity contribution in [1.82, 2.24) is 4.90 Å². The van der Waals surface area contributed by atoms with Crippen molar-refractivity contribution in [3.8, 4) is 5.75 Å². The maximum absolute atomic E-state index is 13.1. The van der Waals surface area contributed by atoms with Gasteiger partial charge >= 0.3 is 0 Å². The molecule has 0 spiro atoms. The van der Waals surface area contributed by atoms with Crippen molar-refractivity contribution in [1.29, 1.82) is 0 Å². The van der Waals surface area contributed by atoms with E-state index >= 15 is 0 Å². The number of nitrogens with one attached hydrogen (secondary N) is 1. The van der Waals surface area contributed by atoms with Crippen LogP contribution in [0.5, 0.6) is 5.75 Å². The van der Waals surface area contributed by atoms with Crippen LogP contribution in [0.2, 0.25) is 5.02 Å². The summed E-state index contributed by atoms with van der Waals surface area (Å²) < 4.78 is 5.66. The van der Waals surface area contributed by atoms with Crippen LogP contribution in [0, 0.1) is 5.92 Å². The van der Waals surface area contributed by atoms with Gasteiger partial charge in [0.05, 0.1) is 5.92 Å². The number of anilines is 1. The second-order valence-electron chi connectivity index (χ2n) is 7.94. The number of carbonyl (C=O) groups is 2. The summed E-state index contributed by atoms with van der Waals surface area (Å²) in [6.07, 6.45) is 0.666. The minimum atomic E-state index is -0.339. The summed E-state index contributed by atoms with van der Waals surface area (Å²) >= 11 is 6.05. The van der Waals surface area contributed by atoms with Crippen molar-refractivity contribution >= 4 is 29.1 Å². The third-order valence-corrected chi connectivity index (χ3v) is 5.88. The molecule has 0 aromatic heterocycles. The lowest BCUT2D eigenvalue weighted by Crippen LogP contribution is -2.48. The zero-order valence-electron chi connectivity index (χ0n) is 17.6. The minimum Gasteiger partial charge on any atom is -0.484 e. The molecule has 1 heterocycles. The van der Waals surface area contributed by atoms with E-state index < -0.39 is 0 Å². The van der Waals surface area contributed by atoms with Gasteiger partial charge in [-0.15, -0.1) is 0 Å². The average molecular weight is 449 g/mol. The van der Waals surface area contributed by atoms with Gasteiger partial charge in [-0.1, -0.05) is 66.2 Å². The minimum absolute atomic E-state index is 0.0614. The number of likely N-dealkylation sites (tertiary alicyclic amines) is 1. The summed E-state index contributed by atoms with van der Waals surface area (Å²) in [5.74, 6) is 0.131. The molecule has 3 aromatic rings. The average Bonchev–Trinajstić information content (AvgIpc) is 2.83. The van der Waals surface area contributed by atoms with Crippen molar-refractivity contribution in [2.24, 2.45) is 5.92 Å². The number of ether oxygens (including phenoxy) is 1. The summed E-state index contributed by atoms with van der Waals surface area (Å²) in [6.45, 7) is 0.850. The molecule has 3 aromatic carbocycles. The highest BCUT2D eigenvalue weighted by Crippen LogP contribution is 2.31. The predicted molar refractivity (Wildman–Crippen MR) is 126 cm³/mol. The molecule has 0 bridgehead atoms. The smallest absolute Gasteiger partial charge is 0.260 e. The first-order chi connectivity index (χ1) is 15.6. The number of hydrogen-bond donors (Lipinski definition) is 1. The zero-order chi connectivity index (χ0) is 22.3. The van der Waals surface area contributed by atoms with Crippen LogP contribution in [0.25, 0.3) is 0 Å². The normalized spacial score (nSPS) is 18.1. The number of rotatable bonds is 6. The molecule has 4 rings (SSSR count). The topological polar surface area (TPSA) is 58.6 Å². The Bertz CT molecular complexity index is 1060. The second kappa shape index (κ2) is 10.3. The molecule has 2 unspecified atom stereocenters. The largest absolute Gasteiger partial charge is 0.484 e. The number of hydrogen-bond acceptors (Lipinski definition) is 3. The van der Waals surface area contributed by atoms with Crippen LogP contribution < -0.4 is 10.1 Å². The fourth-order valence-electron chi connectivity index (χ4n) is 4.02. The third kappa shape index (κ3) is 5.68. The SMILES string of the molecule is O=C(Nc1cccc(Cl)c1)C1CC(c2ccccc2)CN(C(=O)COc2ccccc2)C1. The highest BCUT2D eigenvalue weighted by Gasteiger charge is 2.34. The Hall–Kier alpha value is -3.31. The number of amides is 2. The Labute approximate surface area is 193 Å². The number of benzene rings is 3. The van der Waals surface area contributed by atoms with Crippen LogP contribution in [0.1, 0.15) is 17.9 Å². The van der Waals surface area contributed by atoms with E-state index in [2.05, 4.69) is 5.32 Å². The van der Waals surface area contributed by atoms with Gasteiger partial charge in [0.1, 0.15) is 5.75 Å². The van der Waals surface area contributed by atoms with E-state index in [0.717, 1.165) is 5.56 Å². The molecule has 0 aliphatic carbocycles. The fourth-order valence-corrected chi connectivity index (χ4v) is 4.21. The standard InChI is InChI=1S/C26H25ClN2O3/c27-22-10-7-11-23(15-22)28-26(31)21-14-20(19-8-3-1-4-9-19)16-29(17-21)25(30)18-32-24-12-5-2-6-13-24/h1-13,15,20-21H,14,16-18H2,(H,28,31). The van der Waals surface area contributed by atoms with Gasteiger partial charge in [0.2, 0.25) is 5.91 Å². The molecule has 1 N–H and O–H groups in total. The van der Waals surface area contributed by atoms with Gasteiger partial charge in [-0.25, -0.2) is 0 Å². The van der Waals surface area contributed by atoms with Crippen molar-refractivity contribution in [2.45, 2.75) is 12.3 Å². The summed E-state index contributed by atoms with van der Waals surface area (Å²) in [4.78, 5) is 27.8. The molecular weight excluding hydrogens is 424 g/mol. The van der Waals surface area contributed by atoms with Crippen LogP contribution in [-0.4, -0.2) is 36.4 Å². The molecule has 0 radical (unpaired) electrons. The van der Waals surface area contributed by atoms with E-state index in [9.17, 15) is 9.59 Å². The van der Waals surface area contributed by atoms with E-state index in [-0.39, 0.29) is 30.3 Å². The molecule has 1 aliphatic heterocycles. The van der Waals surface area contributed by atoms with Gasteiger partial charge in [-0.05, 0) is 42.3 Å². The summed E-state index contributed by atoms with van der Waals surface area (Å²) in [5.41, 5.74) is 1.77. The van der Waals surface area contributed by atoms with Crippen molar-refractivity contribution in [2.75, 3.05) is 25.0 Å². The van der Waals surface area contributed by atoms with Crippen LogP contribution >= 0.6 is 11.6 Å². The molecule has 1 saturated heterocycles. The monoisotopic (exact) mass is 448 g/mol. The number of piperidine rings is 1. The van der Waals surface area contributed by atoms with E-state index in [1.165, 1.54) is 0 Å². The van der Waals surface area contributed by atoms with Crippen molar-refractivity contribution < 1.29 is 14.3 Å². The molecule has 32 heavy (non-hydrogen) atoms. The maximum Gasteiger partial charge on any atom is 0.260 e. The first-order valence-corrected chi connectivity index (χ1v) is 11.0. The molecule has 164 valence electrons. The van der Waals surface area contributed by atoms with Crippen LogP contribution in [0.15, 0.2) is 84.9 Å². The first-order valence-electron chi connectivity index (χ1n) is 10.7. The van der Waals surface area contributed by atoms with E-state index in [1.54, 1.807) is 29.2 Å². The third-order valence-electron chi connectivity index (χ3n) is 5.64. The Kier molecular flexibility index (Phi) is 7.07. The van der Waals surface area contributed by atoms with Gasteiger partial charge in [0, 0.05) is 29.7 Å². The summed E-state index contributed by atoms with van der Waals surface area (Å²) in [6, 6.07) is 26.4. The highest BCUT2D eigenvalue weighted by atomic mass is 35.5. The number of para-hydroxylation sites is 1. The maximum atomic E-state index is 13.1. The molecular formula is C26H25ClN2O3. The lowest BCUT2D eigenvalue weighted by Gasteiger charge is -2.37. The number of nitrogens with zero attached hydrogens (tertiary/aromatic N) is 1.